The third-order valence-corrected chi connectivity index (χ3v) is 3.91. The molecule has 0 aliphatic carbocycles. The molecule has 2 N–H and O–H groups in total. The number of fused-ring (bicyclic) bond motifs is 1. The molecular weight excluding hydrogens is 270 g/mol. The van der Waals surface area contributed by atoms with Crippen molar-refractivity contribution in [2.24, 2.45) is 0 Å². The number of carbonyl (C=O) groups is 1. The predicted molar refractivity (Wildman–Crippen MR) is 79.0 cm³/mol. The number of hydrogen-bond acceptors (Lipinski definition) is 5. The molecule has 3 heterocycles. The maximum atomic E-state index is 12.6. The van der Waals surface area contributed by atoms with Crippen LogP contribution < -0.4 is 10.5 Å². The number of imidazole rings is 1. The Bertz CT molecular complexity index is 675. The van der Waals surface area contributed by atoms with Gasteiger partial charge in [-0.1, -0.05) is 0 Å². The van der Waals surface area contributed by atoms with Gasteiger partial charge in [0.1, 0.15) is 11.6 Å². The van der Waals surface area contributed by atoms with Gasteiger partial charge >= 0.3 is 0 Å². The zero-order valence-electron chi connectivity index (χ0n) is 12.2. The Morgan fingerprint density at radius 1 is 1.33 bits per heavy atom. The van der Waals surface area contributed by atoms with Crippen LogP contribution in [0.1, 0.15) is 25.8 Å². The highest BCUT2D eigenvalue weighted by Crippen LogP contribution is 2.25. The highest BCUT2D eigenvalue weighted by Gasteiger charge is 2.27. The number of likely N-dealkylation sites (tertiary alicyclic amines) is 1. The van der Waals surface area contributed by atoms with Crippen molar-refractivity contribution in [1.29, 1.82) is 0 Å². The van der Waals surface area contributed by atoms with Gasteiger partial charge in [-0.05, 0) is 25.8 Å². The first-order valence-corrected chi connectivity index (χ1v) is 7.09. The van der Waals surface area contributed by atoms with Crippen molar-refractivity contribution in [2.45, 2.75) is 25.8 Å². The fraction of sp³-hybridized carbons (Fsp3) is 0.500. The summed E-state index contributed by atoms with van der Waals surface area (Å²) < 4.78 is 6.82. The fourth-order valence-corrected chi connectivity index (χ4v) is 2.78. The van der Waals surface area contributed by atoms with Crippen molar-refractivity contribution >= 4 is 23.0 Å². The molecule has 0 radical (unpaired) electrons. The molecule has 3 rings (SSSR count). The maximum Gasteiger partial charge on any atom is 0.245 e. The number of pyridine rings is 1. The van der Waals surface area contributed by atoms with Gasteiger partial charge in [-0.3, -0.25) is 9.36 Å². The van der Waals surface area contributed by atoms with Crippen LogP contribution in [0.5, 0.6) is 5.88 Å². The molecule has 1 unspecified atom stereocenters. The summed E-state index contributed by atoms with van der Waals surface area (Å²) >= 11 is 0. The van der Waals surface area contributed by atoms with Crippen LogP contribution in [0.15, 0.2) is 12.1 Å². The Balaban J connectivity index is 2.01. The second kappa shape index (κ2) is 5.23. The fourth-order valence-electron chi connectivity index (χ4n) is 2.78. The lowest BCUT2D eigenvalue weighted by atomic mass is 10.3. The molecule has 1 aliphatic rings. The summed E-state index contributed by atoms with van der Waals surface area (Å²) in [6.07, 6.45) is 2.12. The summed E-state index contributed by atoms with van der Waals surface area (Å²) in [6.45, 7) is 3.46. The minimum atomic E-state index is -0.423. The number of carbonyl (C=O) groups excluding carboxylic acids is 1. The van der Waals surface area contributed by atoms with Crippen LogP contribution in [0.3, 0.4) is 0 Å². The molecule has 0 spiro atoms. The number of rotatable bonds is 3. The van der Waals surface area contributed by atoms with E-state index < -0.39 is 6.04 Å². The molecular formula is C14H19N5O2. The molecule has 1 fully saturated rings. The number of nitrogens with zero attached hydrogens (tertiary/aromatic N) is 4. The Morgan fingerprint density at radius 2 is 2.05 bits per heavy atom. The van der Waals surface area contributed by atoms with Crippen molar-refractivity contribution in [3.05, 3.63) is 12.1 Å². The minimum absolute atomic E-state index is 0.0584. The van der Waals surface area contributed by atoms with Crippen LogP contribution in [0.25, 0.3) is 11.2 Å². The molecule has 0 bridgehead atoms. The van der Waals surface area contributed by atoms with Gasteiger partial charge in [0.05, 0.1) is 7.11 Å². The summed E-state index contributed by atoms with van der Waals surface area (Å²) in [5.41, 5.74) is 7.22. The van der Waals surface area contributed by atoms with Crippen LogP contribution in [0.2, 0.25) is 0 Å². The average Bonchev–Trinajstić information content (AvgIpc) is 3.11. The van der Waals surface area contributed by atoms with Crippen molar-refractivity contribution < 1.29 is 9.53 Å². The van der Waals surface area contributed by atoms with E-state index in [-0.39, 0.29) is 5.91 Å². The molecule has 1 saturated heterocycles. The molecule has 2 aromatic rings. The lowest BCUT2D eigenvalue weighted by Gasteiger charge is -2.22. The van der Waals surface area contributed by atoms with Crippen LogP contribution in [0.4, 0.5) is 5.95 Å². The number of methoxy groups -OCH3 is 1. The Kier molecular flexibility index (Phi) is 3.40. The van der Waals surface area contributed by atoms with Gasteiger partial charge in [0, 0.05) is 19.2 Å². The van der Waals surface area contributed by atoms with Crippen molar-refractivity contribution in [1.82, 2.24) is 19.4 Å². The zero-order valence-corrected chi connectivity index (χ0v) is 12.2. The number of hydrogen-bond donors (Lipinski definition) is 1. The van der Waals surface area contributed by atoms with Gasteiger partial charge in [-0.2, -0.15) is 4.98 Å². The van der Waals surface area contributed by atoms with E-state index in [9.17, 15) is 4.79 Å². The standard InChI is InChI=1S/C14H19N5O2/c1-9(13(20)18-7-3-4-8-18)19-12-10(16-14(19)15)5-6-11(17-12)21-2/h5-6,9H,3-4,7-8H2,1-2H3,(H2,15,16). The summed E-state index contributed by atoms with van der Waals surface area (Å²) in [5, 5.41) is 0. The molecule has 1 aliphatic heterocycles. The van der Waals surface area contributed by atoms with E-state index >= 15 is 0 Å². The van der Waals surface area contributed by atoms with Gasteiger partial charge < -0.3 is 15.4 Å². The van der Waals surface area contributed by atoms with Gasteiger partial charge in [-0.25, -0.2) is 4.98 Å². The van der Waals surface area contributed by atoms with E-state index in [1.54, 1.807) is 23.8 Å². The van der Waals surface area contributed by atoms with Crippen molar-refractivity contribution in [3.8, 4) is 5.88 Å². The highest BCUT2D eigenvalue weighted by molar-refractivity contribution is 5.84. The minimum Gasteiger partial charge on any atom is -0.481 e. The molecule has 2 aromatic heterocycles. The molecule has 21 heavy (non-hydrogen) atoms. The van der Waals surface area contributed by atoms with Gasteiger partial charge in [0.25, 0.3) is 0 Å². The third kappa shape index (κ3) is 2.28. The van der Waals surface area contributed by atoms with Crippen LogP contribution in [-0.4, -0.2) is 45.5 Å². The highest BCUT2D eigenvalue weighted by atomic mass is 16.5. The summed E-state index contributed by atoms with van der Waals surface area (Å²) in [5.74, 6) is 0.832. The number of nitrogen functional groups attached to an aromatic ring is 1. The van der Waals surface area contributed by atoms with E-state index in [4.69, 9.17) is 10.5 Å². The Labute approximate surface area is 122 Å². The van der Waals surface area contributed by atoms with Gasteiger partial charge in [0.15, 0.2) is 5.65 Å². The van der Waals surface area contributed by atoms with Crippen molar-refractivity contribution in [3.63, 3.8) is 0 Å². The number of anilines is 1. The van der Waals surface area contributed by atoms with E-state index in [2.05, 4.69) is 9.97 Å². The summed E-state index contributed by atoms with van der Waals surface area (Å²) in [4.78, 5) is 23.1. The van der Waals surface area contributed by atoms with E-state index in [1.807, 2.05) is 11.8 Å². The van der Waals surface area contributed by atoms with Crippen molar-refractivity contribution in [2.75, 3.05) is 25.9 Å². The normalized spacial score (nSPS) is 16.4. The Hall–Kier alpha value is -2.31. The topological polar surface area (TPSA) is 86.3 Å². The average molecular weight is 289 g/mol. The molecule has 0 saturated carbocycles. The number of amides is 1. The first-order valence-electron chi connectivity index (χ1n) is 7.09. The smallest absolute Gasteiger partial charge is 0.245 e. The second-order valence-corrected chi connectivity index (χ2v) is 5.24. The monoisotopic (exact) mass is 289 g/mol. The van der Waals surface area contributed by atoms with E-state index in [0.717, 1.165) is 25.9 Å². The van der Waals surface area contributed by atoms with Crippen LogP contribution >= 0.6 is 0 Å². The maximum absolute atomic E-state index is 12.6. The largest absolute Gasteiger partial charge is 0.481 e. The summed E-state index contributed by atoms with van der Waals surface area (Å²) in [7, 11) is 1.55. The summed E-state index contributed by atoms with van der Waals surface area (Å²) in [6, 6.07) is 3.10. The second-order valence-electron chi connectivity index (χ2n) is 5.24. The quantitative estimate of drug-likeness (QED) is 0.917. The van der Waals surface area contributed by atoms with Crippen LogP contribution in [-0.2, 0) is 4.79 Å². The number of aromatic nitrogens is 3. The number of ether oxygens (including phenoxy) is 1. The lowest BCUT2D eigenvalue weighted by molar-refractivity contribution is -0.133. The van der Waals surface area contributed by atoms with Gasteiger partial charge in [-0.15, -0.1) is 0 Å². The lowest BCUT2D eigenvalue weighted by Crippen LogP contribution is -2.34. The SMILES string of the molecule is COc1ccc2nc(N)n(C(C)C(=O)N3CCCC3)c2n1. The molecule has 7 nitrogen and oxygen atoms in total. The third-order valence-electron chi connectivity index (χ3n) is 3.91. The first-order chi connectivity index (χ1) is 10.1. The zero-order chi connectivity index (χ0) is 15.0. The molecule has 1 amide bonds. The molecule has 1 atom stereocenters. The molecule has 0 aromatic carbocycles. The Morgan fingerprint density at radius 3 is 2.71 bits per heavy atom. The molecule has 112 valence electrons. The van der Waals surface area contributed by atoms with Crippen LogP contribution in [0, 0.1) is 0 Å². The molecule has 7 heteroatoms. The van der Waals surface area contributed by atoms with E-state index in [1.165, 1.54) is 0 Å². The van der Waals surface area contributed by atoms with E-state index in [0.29, 0.717) is 23.0 Å². The first kappa shape index (κ1) is 13.7. The van der Waals surface area contributed by atoms with Gasteiger partial charge in [0.2, 0.25) is 17.7 Å². The predicted octanol–water partition coefficient (Wildman–Crippen LogP) is 1.21. The number of nitrogens with two attached hydrogens (primary N) is 1.